The van der Waals surface area contributed by atoms with Gasteiger partial charge in [-0.2, -0.15) is 0 Å². The molecule has 0 saturated carbocycles. The first-order valence-corrected chi connectivity index (χ1v) is 6.34. The Morgan fingerprint density at radius 2 is 1.60 bits per heavy atom. The van der Waals surface area contributed by atoms with Crippen molar-refractivity contribution in [3.05, 3.63) is 0 Å². The fourth-order valence-corrected chi connectivity index (χ4v) is 1.61. The van der Waals surface area contributed by atoms with E-state index < -0.39 is 0 Å². The monoisotopic (exact) mass is 214 g/mol. The quantitative estimate of drug-likeness (QED) is 0.625. The Kier molecular flexibility index (Phi) is 8.07. The van der Waals surface area contributed by atoms with E-state index in [9.17, 15) is 0 Å². The molecule has 15 heavy (non-hydrogen) atoms. The maximum absolute atomic E-state index is 3.53. The van der Waals surface area contributed by atoms with E-state index in [1.54, 1.807) is 0 Å². The average Bonchev–Trinajstić information content (AvgIpc) is 2.10. The molecule has 0 aliphatic heterocycles. The second-order valence-electron chi connectivity index (χ2n) is 5.57. The first kappa shape index (κ1) is 14.9. The van der Waals surface area contributed by atoms with Crippen LogP contribution in [0.1, 0.15) is 41.0 Å². The van der Waals surface area contributed by atoms with Crippen molar-refractivity contribution >= 4 is 0 Å². The second kappa shape index (κ2) is 8.12. The van der Waals surface area contributed by atoms with Gasteiger partial charge in [-0.3, -0.25) is 0 Å². The number of nitrogens with zero attached hydrogens (tertiary/aromatic N) is 1. The summed E-state index contributed by atoms with van der Waals surface area (Å²) in [6.07, 6.45) is 1.28. The lowest BCUT2D eigenvalue weighted by atomic mass is 10.1. The summed E-state index contributed by atoms with van der Waals surface area (Å²) in [6.45, 7) is 14.8. The van der Waals surface area contributed by atoms with Crippen LogP contribution in [0.15, 0.2) is 0 Å². The van der Waals surface area contributed by atoms with E-state index >= 15 is 0 Å². The Labute approximate surface area is 96.4 Å². The van der Waals surface area contributed by atoms with Gasteiger partial charge in [0.1, 0.15) is 0 Å². The number of nitrogens with one attached hydrogen (secondary N) is 1. The van der Waals surface area contributed by atoms with E-state index in [1.807, 2.05) is 0 Å². The molecule has 0 aliphatic carbocycles. The van der Waals surface area contributed by atoms with Gasteiger partial charge in [0.15, 0.2) is 0 Å². The summed E-state index contributed by atoms with van der Waals surface area (Å²) >= 11 is 0. The third-order valence-corrected chi connectivity index (χ3v) is 2.74. The number of rotatable bonds is 8. The third kappa shape index (κ3) is 8.88. The molecule has 0 radical (unpaired) electrons. The van der Waals surface area contributed by atoms with E-state index in [0.29, 0.717) is 6.04 Å². The van der Waals surface area contributed by atoms with Crippen molar-refractivity contribution in [1.29, 1.82) is 0 Å². The van der Waals surface area contributed by atoms with Gasteiger partial charge in [-0.25, -0.2) is 0 Å². The van der Waals surface area contributed by atoms with Gasteiger partial charge < -0.3 is 10.2 Å². The number of likely N-dealkylation sites (N-methyl/N-ethyl adjacent to an activating group) is 1. The van der Waals surface area contributed by atoms with E-state index in [4.69, 9.17) is 0 Å². The van der Waals surface area contributed by atoms with Crippen LogP contribution in [-0.2, 0) is 0 Å². The predicted octanol–water partition coefficient (Wildman–Crippen LogP) is 2.60. The van der Waals surface area contributed by atoms with Crippen molar-refractivity contribution in [3.8, 4) is 0 Å². The highest BCUT2D eigenvalue weighted by atomic mass is 15.1. The molecule has 0 fully saturated rings. The van der Waals surface area contributed by atoms with Crippen LogP contribution in [0.2, 0.25) is 0 Å². The minimum Gasteiger partial charge on any atom is -0.315 e. The molecular weight excluding hydrogens is 184 g/mol. The lowest BCUT2D eigenvalue weighted by Gasteiger charge is -2.26. The molecule has 2 heteroatoms. The molecule has 0 bridgehead atoms. The van der Waals surface area contributed by atoms with Crippen molar-refractivity contribution < 1.29 is 0 Å². The molecule has 0 aromatic heterocycles. The van der Waals surface area contributed by atoms with Crippen molar-refractivity contribution in [3.63, 3.8) is 0 Å². The average molecular weight is 214 g/mol. The summed E-state index contributed by atoms with van der Waals surface area (Å²) in [7, 11) is 2.22. The summed E-state index contributed by atoms with van der Waals surface area (Å²) in [4.78, 5) is 2.44. The van der Waals surface area contributed by atoms with Crippen LogP contribution in [0, 0.1) is 11.8 Å². The first-order chi connectivity index (χ1) is 6.93. The fourth-order valence-electron chi connectivity index (χ4n) is 1.61. The van der Waals surface area contributed by atoms with Crippen LogP contribution < -0.4 is 5.32 Å². The lowest BCUT2D eigenvalue weighted by molar-refractivity contribution is 0.225. The maximum atomic E-state index is 3.53. The van der Waals surface area contributed by atoms with Gasteiger partial charge in [0.05, 0.1) is 0 Å². The predicted molar refractivity (Wildman–Crippen MR) is 69.3 cm³/mol. The maximum Gasteiger partial charge on any atom is 0.0189 e. The standard InChI is InChI=1S/C13H30N2/c1-11(2)7-8-14-9-13(5)15(6)10-12(3)4/h11-14H,7-10H2,1-6H3. The highest BCUT2D eigenvalue weighted by Gasteiger charge is 2.09. The van der Waals surface area contributed by atoms with Gasteiger partial charge in [0.25, 0.3) is 0 Å². The van der Waals surface area contributed by atoms with Crippen LogP contribution in [0.25, 0.3) is 0 Å². The van der Waals surface area contributed by atoms with E-state index in [0.717, 1.165) is 24.9 Å². The number of hydrogen-bond donors (Lipinski definition) is 1. The van der Waals surface area contributed by atoms with Crippen LogP contribution in [0.5, 0.6) is 0 Å². The Morgan fingerprint density at radius 3 is 2.07 bits per heavy atom. The SMILES string of the molecule is CC(C)CCNCC(C)N(C)CC(C)C. The first-order valence-electron chi connectivity index (χ1n) is 6.34. The zero-order valence-electron chi connectivity index (χ0n) is 11.5. The van der Waals surface area contributed by atoms with Crippen LogP contribution in [0.3, 0.4) is 0 Å². The highest BCUT2D eigenvalue weighted by Crippen LogP contribution is 2.01. The van der Waals surface area contributed by atoms with E-state index in [1.165, 1.54) is 13.0 Å². The number of hydrogen-bond acceptors (Lipinski definition) is 2. The van der Waals surface area contributed by atoms with Gasteiger partial charge in [-0.05, 0) is 38.8 Å². The van der Waals surface area contributed by atoms with Crippen LogP contribution >= 0.6 is 0 Å². The van der Waals surface area contributed by atoms with Crippen molar-refractivity contribution in [2.75, 3.05) is 26.7 Å². The summed E-state index contributed by atoms with van der Waals surface area (Å²) in [5.74, 6) is 1.56. The zero-order valence-corrected chi connectivity index (χ0v) is 11.5. The third-order valence-electron chi connectivity index (χ3n) is 2.74. The van der Waals surface area contributed by atoms with Gasteiger partial charge in [0, 0.05) is 19.1 Å². The molecule has 0 aromatic carbocycles. The molecule has 0 saturated heterocycles. The molecule has 1 atom stereocenters. The van der Waals surface area contributed by atoms with Gasteiger partial charge in [-0.1, -0.05) is 27.7 Å². The molecule has 0 amide bonds. The molecule has 92 valence electrons. The smallest absolute Gasteiger partial charge is 0.0189 e. The lowest BCUT2D eigenvalue weighted by Crippen LogP contribution is -2.40. The van der Waals surface area contributed by atoms with Crippen molar-refractivity contribution in [1.82, 2.24) is 10.2 Å². The molecule has 1 unspecified atom stereocenters. The van der Waals surface area contributed by atoms with Crippen molar-refractivity contribution in [2.45, 2.75) is 47.1 Å². The van der Waals surface area contributed by atoms with E-state index in [2.05, 4.69) is 51.9 Å². The molecule has 0 rings (SSSR count). The van der Waals surface area contributed by atoms with Crippen LogP contribution in [-0.4, -0.2) is 37.6 Å². The summed E-state index contributed by atoms with van der Waals surface area (Å²) in [6, 6.07) is 0.638. The fraction of sp³-hybridized carbons (Fsp3) is 1.00. The zero-order chi connectivity index (χ0) is 11.8. The molecule has 0 aliphatic rings. The largest absolute Gasteiger partial charge is 0.315 e. The highest BCUT2D eigenvalue weighted by molar-refractivity contribution is 4.67. The second-order valence-corrected chi connectivity index (χ2v) is 5.57. The Bertz CT molecular complexity index is 143. The van der Waals surface area contributed by atoms with Gasteiger partial charge in [-0.15, -0.1) is 0 Å². The molecule has 0 spiro atoms. The topological polar surface area (TPSA) is 15.3 Å². The normalized spacial score (nSPS) is 14.2. The molecule has 0 heterocycles. The summed E-state index contributed by atoms with van der Waals surface area (Å²) in [5.41, 5.74) is 0. The Hall–Kier alpha value is -0.0800. The summed E-state index contributed by atoms with van der Waals surface area (Å²) in [5, 5.41) is 3.53. The minimum atomic E-state index is 0.638. The van der Waals surface area contributed by atoms with Gasteiger partial charge in [0.2, 0.25) is 0 Å². The van der Waals surface area contributed by atoms with Gasteiger partial charge >= 0.3 is 0 Å². The van der Waals surface area contributed by atoms with Crippen LogP contribution in [0.4, 0.5) is 0 Å². The Morgan fingerprint density at radius 1 is 1.00 bits per heavy atom. The molecule has 0 aromatic rings. The minimum absolute atomic E-state index is 0.638. The molecule has 1 N–H and O–H groups in total. The van der Waals surface area contributed by atoms with Crippen molar-refractivity contribution in [2.24, 2.45) is 11.8 Å². The van der Waals surface area contributed by atoms with E-state index in [-0.39, 0.29) is 0 Å². The summed E-state index contributed by atoms with van der Waals surface area (Å²) < 4.78 is 0. The molecular formula is C13H30N2. The molecule has 2 nitrogen and oxygen atoms in total. The Balaban J connectivity index is 3.51.